The van der Waals surface area contributed by atoms with Crippen LogP contribution in [0, 0.1) is 0 Å². The summed E-state index contributed by atoms with van der Waals surface area (Å²) in [6, 6.07) is 0. The second-order valence-electron chi connectivity index (χ2n) is 5.18. The average Bonchev–Trinajstić information content (AvgIpc) is 2.53. The van der Waals surface area contributed by atoms with Gasteiger partial charge in [0, 0.05) is 38.7 Å². The van der Waals surface area contributed by atoms with Crippen LogP contribution in [0.25, 0.3) is 0 Å². The topological polar surface area (TPSA) is 157 Å². The lowest BCUT2D eigenvalue weighted by Gasteiger charge is -2.15. The Labute approximate surface area is 144 Å². The van der Waals surface area contributed by atoms with Crippen LogP contribution < -0.4 is 0 Å². The monoisotopic (exact) mass is 364 g/mol. The molecule has 0 aliphatic heterocycles. The van der Waals surface area contributed by atoms with E-state index in [0.29, 0.717) is 25.7 Å². The van der Waals surface area contributed by atoms with Crippen molar-refractivity contribution in [3.05, 3.63) is 0 Å². The van der Waals surface area contributed by atoms with E-state index in [1.54, 1.807) is 0 Å². The summed E-state index contributed by atoms with van der Waals surface area (Å²) in [5, 5.41) is 25.8. The molecule has 0 aromatic carbocycles. The van der Waals surface area contributed by atoms with Gasteiger partial charge in [0.05, 0.1) is 0 Å². The van der Waals surface area contributed by atoms with E-state index in [-0.39, 0.29) is 38.7 Å². The standard InChI is InChI=1S/C15H24O10/c16-10-9-15(23-13(21)7-3-1-5-11(17)18)25-24-14(22)8-4-2-6-12(19)20/h15-16H,1-10H2,(H,17,18)(H,19,20). The van der Waals surface area contributed by atoms with Crippen LogP contribution in [0.15, 0.2) is 0 Å². The largest absolute Gasteiger partial charge is 0.481 e. The minimum Gasteiger partial charge on any atom is -0.481 e. The molecule has 0 aliphatic carbocycles. The Bertz CT molecular complexity index is 434. The van der Waals surface area contributed by atoms with E-state index in [1.165, 1.54) is 0 Å². The molecule has 0 aromatic rings. The Morgan fingerprint density at radius 3 is 1.72 bits per heavy atom. The number of hydrogen-bond acceptors (Lipinski definition) is 8. The summed E-state index contributed by atoms with van der Waals surface area (Å²) in [7, 11) is 0. The summed E-state index contributed by atoms with van der Waals surface area (Å²) in [6.45, 7) is -0.368. The molecular formula is C15H24O10. The van der Waals surface area contributed by atoms with Crippen LogP contribution in [-0.4, -0.2) is 52.1 Å². The van der Waals surface area contributed by atoms with Gasteiger partial charge in [-0.3, -0.25) is 19.3 Å². The molecule has 10 nitrogen and oxygen atoms in total. The summed E-state index contributed by atoms with van der Waals surface area (Å²) in [5.74, 6) is -3.32. The highest BCUT2D eigenvalue weighted by atomic mass is 17.2. The van der Waals surface area contributed by atoms with Gasteiger partial charge >= 0.3 is 23.9 Å². The molecule has 0 saturated heterocycles. The summed E-state index contributed by atoms with van der Waals surface area (Å²) in [4.78, 5) is 52.8. The Hall–Kier alpha value is -2.20. The third-order valence-electron chi connectivity index (χ3n) is 2.92. The summed E-state index contributed by atoms with van der Waals surface area (Å²) in [5.41, 5.74) is 0. The molecular weight excluding hydrogens is 340 g/mol. The minimum atomic E-state index is -1.26. The highest BCUT2D eigenvalue weighted by molar-refractivity contribution is 5.70. The van der Waals surface area contributed by atoms with E-state index in [4.69, 9.17) is 20.1 Å². The maximum atomic E-state index is 11.6. The van der Waals surface area contributed by atoms with Gasteiger partial charge in [0.25, 0.3) is 0 Å². The van der Waals surface area contributed by atoms with Crippen molar-refractivity contribution in [3.8, 4) is 0 Å². The van der Waals surface area contributed by atoms with Gasteiger partial charge in [-0.05, 0) is 25.7 Å². The number of carboxylic acids is 2. The Balaban J connectivity index is 3.98. The number of aliphatic hydroxyl groups is 1. The number of aliphatic hydroxyl groups excluding tert-OH is 1. The van der Waals surface area contributed by atoms with Crippen molar-refractivity contribution in [3.63, 3.8) is 0 Å². The zero-order valence-corrected chi connectivity index (χ0v) is 13.8. The summed E-state index contributed by atoms with van der Waals surface area (Å²) < 4.78 is 4.88. The molecule has 0 heterocycles. The van der Waals surface area contributed by atoms with Crippen LogP contribution in [0.5, 0.6) is 0 Å². The molecule has 1 unspecified atom stereocenters. The second kappa shape index (κ2) is 14.2. The van der Waals surface area contributed by atoms with Crippen LogP contribution in [0.3, 0.4) is 0 Å². The zero-order valence-electron chi connectivity index (χ0n) is 13.8. The van der Waals surface area contributed by atoms with Crippen molar-refractivity contribution in [2.45, 2.75) is 64.1 Å². The molecule has 0 fully saturated rings. The first kappa shape index (κ1) is 22.8. The predicted octanol–water partition coefficient (Wildman–Crippen LogP) is 1.00. The molecule has 25 heavy (non-hydrogen) atoms. The molecule has 1 atom stereocenters. The lowest BCUT2D eigenvalue weighted by molar-refractivity contribution is -0.346. The van der Waals surface area contributed by atoms with E-state index >= 15 is 0 Å². The van der Waals surface area contributed by atoms with E-state index < -0.39 is 30.2 Å². The van der Waals surface area contributed by atoms with Gasteiger partial charge in [0.1, 0.15) is 0 Å². The third kappa shape index (κ3) is 15.1. The van der Waals surface area contributed by atoms with Crippen molar-refractivity contribution in [1.82, 2.24) is 0 Å². The highest BCUT2D eigenvalue weighted by Gasteiger charge is 2.18. The number of hydrogen-bond donors (Lipinski definition) is 3. The average molecular weight is 364 g/mol. The Kier molecular flexibility index (Phi) is 12.9. The lowest BCUT2D eigenvalue weighted by atomic mass is 10.2. The normalized spacial score (nSPS) is 11.6. The van der Waals surface area contributed by atoms with Gasteiger partial charge in [-0.2, -0.15) is 0 Å². The molecule has 0 aromatic heterocycles. The summed E-state index contributed by atoms with van der Waals surface area (Å²) in [6.07, 6.45) is -0.291. The van der Waals surface area contributed by atoms with E-state index in [1.807, 2.05) is 0 Å². The molecule has 0 radical (unpaired) electrons. The first-order chi connectivity index (χ1) is 11.8. The maximum Gasteiger partial charge on any atom is 0.342 e. The van der Waals surface area contributed by atoms with Crippen LogP contribution in [0.1, 0.15) is 57.8 Å². The third-order valence-corrected chi connectivity index (χ3v) is 2.92. The van der Waals surface area contributed by atoms with Crippen LogP contribution in [0.2, 0.25) is 0 Å². The lowest BCUT2D eigenvalue weighted by Crippen LogP contribution is -2.24. The molecule has 0 bridgehead atoms. The van der Waals surface area contributed by atoms with Crippen LogP contribution in [0.4, 0.5) is 0 Å². The van der Waals surface area contributed by atoms with Crippen molar-refractivity contribution in [2.24, 2.45) is 0 Å². The summed E-state index contributed by atoms with van der Waals surface area (Å²) >= 11 is 0. The number of rotatable bonds is 15. The van der Waals surface area contributed by atoms with Gasteiger partial charge in [-0.15, -0.1) is 4.89 Å². The Morgan fingerprint density at radius 2 is 1.24 bits per heavy atom. The van der Waals surface area contributed by atoms with Gasteiger partial charge in [0.2, 0.25) is 6.29 Å². The number of ether oxygens (including phenoxy) is 1. The molecule has 0 saturated carbocycles. The van der Waals surface area contributed by atoms with Gasteiger partial charge in [0.15, 0.2) is 0 Å². The first-order valence-electron chi connectivity index (χ1n) is 7.95. The van der Waals surface area contributed by atoms with Crippen molar-refractivity contribution in [2.75, 3.05) is 6.61 Å². The quantitative estimate of drug-likeness (QED) is 0.126. The SMILES string of the molecule is O=C(O)CCCCC(=O)OOC(CCO)OC(=O)CCCCC(=O)O. The number of carbonyl (C=O) groups is 4. The van der Waals surface area contributed by atoms with Gasteiger partial charge < -0.3 is 20.1 Å². The number of esters is 1. The van der Waals surface area contributed by atoms with Crippen molar-refractivity contribution in [1.29, 1.82) is 0 Å². The van der Waals surface area contributed by atoms with E-state index in [2.05, 4.69) is 9.78 Å². The van der Waals surface area contributed by atoms with E-state index in [0.717, 1.165) is 0 Å². The molecule has 0 rings (SSSR count). The molecule has 144 valence electrons. The molecule has 0 aliphatic rings. The number of carbonyl (C=O) groups excluding carboxylic acids is 2. The fourth-order valence-electron chi connectivity index (χ4n) is 1.68. The van der Waals surface area contributed by atoms with Crippen LogP contribution in [-0.2, 0) is 33.7 Å². The second-order valence-corrected chi connectivity index (χ2v) is 5.18. The van der Waals surface area contributed by atoms with Gasteiger partial charge in [-0.25, -0.2) is 4.79 Å². The fourth-order valence-corrected chi connectivity index (χ4v) is 1.68. The molecule has 3 N–H and O–H groups in total. The van der Waals surface area contributed by atoms with Gasteiger partial charge in [-0.1, -0.05) is 0 Å². The molecule has 0 spiro atoms. The number of aliphatic carboxylic acids is 2. The highest BCUT2D eigenvalue weighted by Crippen LogP contribution is 2.09. The maximum absolute atomic E-state index is 11.6. The Morgan fingerprint density at radius 1 is 0.760 bits per heavy atom. The minimum absolute atomic E-state index is 0.0261. The molecule has 0 amide bonds. The van der Waals surface area contributed by atoms with Crippen molar-refractivity contribution < 1.29 is 49.0 Å². The molecule has 10 heteroatoms. The smallest absolute Gasteiger partial charge is 0.342 e. The number of unbranched alkanes of at least 4 members (excludes halogenated alkanes) is 2. The zero-order chi connectivity index (χ0) is 19.1. The van der Waals surface area contributed by atoms with E-state index in [9.17, 15) is 19.2 Å². The first-order valence-corrected chi connectivity index (χ1v) is 7.95. The number of carboxylic acid groups (broad SMARTS) is 2. The predicted molar refractivity (Wildman–Crippen MR) is 81.0 cm³/mol. The van der Waals surface area contributed by atoms with Crippen LogP contribution >= 0.6 is 0 Å². The fraction of sp³-hybridized carbons (Fsp3) is 0.733. The van der Waals surface area contributed by atoms with Crippen molar-refractivity contribution >= 4 is 23.9 Å².